The van der Waals surface area contributed by atoms with Crippen LogP contribution < -0.4 is 0 Å². The summed E-state index contributed by atoms with van der Waals surface area (Å²) in [6.45, 7) is 11.8. The summed E-state index contributed by atoms with van der Waals surface area (Å²) in [5.41, 5.74) is 0. The van der Waals surface area contributed by atoms with Crippen molar-refractivity contribution in [2.24, 2.45) is 0 Å². The van der Waals surface area contributed by atoms with Gasteiger partial charge in [0.15, 0.2) is 0 Å². The molecule has 0 aromatic carbocycles. The van der Waals surface area contributed by atoms with Crippen molar-refractivity contribution in [3.05, 3.63) is 10.2 Å². The Labute approximate surface area is 114 Å². The van der Waals surface area contributed by atoms with E-state index in [2.05, 4.69) is 44.8 Å². The first-order chi connectivity index (χ1) is 8.16. The van der Waals surface area contributed by atoms with Crippen LogP contribution >= 0.6 is 0 Å². The average Bonchev–Trinajstić information content (AvgIpc) is 2.33. The van der Waals surface area contributed by atoms with Crippen LogP contribution in [-0.4, -0.2) is 18.4 Å². The summed E-state index contributed by atoms with van der Waals surface area (Å²) in [6.07, 6.45) is 10.9. The molecule has 1 heteroatoms. The molecule has 1 unspecified atom stereocenters. The normalized spacial score (nSPS) is 14.4. The quantitative estimate of drug-likeness (QED) is 0.405. The van der Waals surface area contributed by atoms with Crippen LogP contribution in [0.2, 0.25) is 12.8 Å². The minimum absolute atomic E-state index is 1.04. The van der Waals surface area contributed by atoms with Crippen molar-refractivity contribution >= 4 is 18.4 Å². The van der Waals surface area contributed by atoms with Crippen molar-refractivity contribution in [1.82, 2.24) is 0 Å². The Kier molecular flexibility index (Phi) is 10.8. The van der Waals surface area contributed by atoms with Crippen LogP contribution in [0.4, 0.5) is 0 Å². The molecule has 102 valence electrons. The summed E-state index contributed by atoms with van der Waals surface area (Å²) in [7, 11) is 0. The predicted molar refractivity (Wildman–Crippen MR) is 84.3 cm³/mol. The molecular weight excluding hydrogens is 311 g/mol. The zero-order valence-corrected chi connectivity index (χ0v) is 15.7. The molecule has 0 fully saturated rings. The number of allylic oxidation sites excluding steroid dienone is 1. The Morgan fingerprint density at radius 1 is 0.941 bits per heavy atom. The van der Waals surface area contributed by atoms with E-state index in [1.165, 1.54) is 38.5 Å². The van der Waals surface area contributed by atoms with Gasteiger partial charge < -0.3 is 0 Å². The number of hydrogen-bond donors (Lipinski definition) is 0. The minimum atomic E-state index is -1.97. The Morgan fingerprint density at radius 3 is 1.82 bits per heavy atom. The monoisotopic (exact) mass is 346 g/mol. The van der Waals surface area contributed by atoms with E-state index in [0.717, 1.165) is 3.93 Å². The second-order valence-corrected chi connectivity index (χ2v) is 19.3. The third-order valence-electron chi connectivity index (χ3n) is 4.19. The molecule has 0 radical (unpaired) electrons. The summed E-state index contributed by atoms with van der Waals surface area (Å²) >= 11 is -1.97. The molecule has 0 aromatic heterocycles. The number of rotatable bonds is 10. The second kappa shape index (κ2) is 10.5. The van der Waals surface area contributed by atoms with E-state index >= 15 is 0 Å². The van der Waals surface area contributed by atoms with Crippen molar-refractivity contribution < 1.29 is 0 Å². The molecule has 0 heterocycles. The van der Waals surface area contributed by atoms with Gasteiger partial charge in [-0.25, -0.2) is 0 Å². The molecule has 0 bridgehead atoms. The van der Waals surface area contributed by atoms with Crippen LogP contribution in [0.15, 0.2) is 10.2 Å². The van der Waals surface area contributed by atoms with Gasteiger partial charge in [0.05, 0.1) is 0 Å². The van der Waals surface area contributed by atoms with E-state index in [1.807, 2.05) is 0 Å². The number of unbranched alkanes of at least 4 members (excludes halogenated alkanes) is 2. The van der Waals surface area contributed by atoms with Crippen LogP contribution in [0.1, 0.15) is 73.1 Å². The summed E-state index contributed by atoms with van der Waals surface area (Å²) in [5.74, 6) is 0. The molecule has 1 atom stereocenters. The summed E-state index contributed by atoms with van der Waals surface area (Å²) in [4.78, 5) is 0. The fraction of sp³-hybridized carbons (Fsp3) is 0.875. The van der Waals surface area contributed by atoms with E-state index in [-0.39, 0.29) is 0 Å². The first-order valence-corrected chi connectivity index (χ1v) is 15.1. The van der Waals surface area contributed by atoms with Crippen LogP contribution in [0.25, 0.3) is 0 Å². The van der Waals surface area contributed by atoms with Crippen molar-refractivity contribution in [3.8, 4) is 0 Å². The van der Waals surface area contributed by atoms with Gasteiger partial charge in [0.25, 0.3) is 0 Å². The topological polar surface area (TPSA) is 0 Å². The third kappa shape index (κ3) is 6.31. The van der Waals surface area contributed by atoms with E-state index < -0.39 is 18.4 Å². The van der Waals surface area contributed by atoms with Crippen LogP contribution in [0.5, 0.6) is 0 Å². The van der Waals surface area contributed by atoms with Gasteiger partial charge in [-0.15, -0.1) is 0 Å². The zero-order chi connectivity index (χ0) is 13.1. The standard InChI is InChI=1S/C5H11.2C4H9.C3H5.Sn/c1-3-5-4-2;2*1-3-4-2;1-3-2;/h3H,4-5H2,1-2H3;2*1,3-4H2,2H3;1,3H,2H3;. The predicted octanol–water partition coefficient (Wildman–Crippen LogP) is 6.34. The maximum atomic E-state index is 2.74. The van der Waals surface area contributed by atoms with E-state index in [9.17, 15) is 0 Å². The fourth-order valence-electron chi connectivity index (χ4n) is 3.01. The number of hydrogen-bond acceptors (Lipinski definition) is 0. The van der Waals surface area contributed by atoms with Gasteiger partial charge in [-0.3, -0.25) is 0 Å². The Hall–Kier alpha value is 0.539. The van der Waals surface area contributed by atoms with E-state index in [0.29, 0.717) is 0 Å². The van der Waals surface area contributed by atoms with Crippen molar-refractivity contribution in [1.29, 1.82) is 0 Å². The molecule has 0 rings (SSSR count). The molecule has 0 aromatic rings. The Balaban J connectivity index is 4.78. The molecule has 17 heavy (non-hydrogen) atoms. The fourth-order valence-corrected chi connectivity index (χ4v) is 18.6. The maximum absolute atomic E-state index is 2.74. The van der Waals surface area contributed by atoms with Gasteiger partial charge in [-0.1, -0.05) is 0 Å². The first-order valence-electron chi connectivity index (χ1n) is 7.80. The molecular formula is C16H34Sn. The molecule has 0 aliphatic carbocycles. The first kappa shape index (κ1) is 17.5. The molecule has 0 spiro atoms. The van der Waals surface area contributed by atoms with Gasteiger partial charge >= 0.3 is 114 Å². The SMILES string of the molecule is CC=[CH][Sn]([CH2]CCC)([CH2]CCC)[CH](C)CCC. The Bertz CT molecular complexity index is 188. The molecule has 0 saturated heterocycles. The van der Waals surface area contributed by atoms with Crippen LogP contribution in [0, 0.1) is 0 Å². The van der Waals surface area contributed by atoms with E-state index in [1.54, 1.807) is 8.87 Å². The summed E-state index contributed by atoms with van der Waals surface area (Å²) < 4.78 is 6.97. The van der Waals surface area contributed by atoms with Gasteiger partial charge in [-0.2, -0.15) is 0 Å². The molecule has 0 N–H and O–H groups in total. The van der Waals surface area contributed by atoms with Crippen molar-refractivity contribution in [2.75, 3.05) is 0 Å². The zero-order valence-electron chi connectivity index (χ0n) is 12.9. The van der Waals surface area contributed by atoms with Gasteiger partial charge in [0, 0.05) is 0 Å². The van der Waals surface area contributed by atoms with Gasteiger partial charge in [0.1, 0.15) is 0 Å². The molecule has 0 saturated carbocycles. The Morgan fingerprint density at radius 2 is 1.47 bits per heavy atom. The van der Waals surface area contributed by atoms with Crippen LogP contribution in [0.3, 0.4) is 0 Å². The summed E-state index contributed by atoms with van der Waals surface area (Å²) in [6, 6.07) is 0. The van der Waals surface area contributed by atoms with Crippen molar-refractivity contribution in [2.45, 2.75) is 86.0 Å². The molecule has 0 aliphatic heterocycles. The average molecular weight is 345 g/mol. The van der Waals surface area contributed by atoms with Crippen molar-refractivity contribution in [3.63, 3.8) is 0 Å². The van der Waals surface area contributed by atoms with Crippen LogP contribution in [-0.2, 0) is 0 Å². The molecule has 0 amide bonds. The second-order valence-electron chi connectivity index (χ2n) is 5.63. The van der Waals surface area contributed by atoms with E-state index in [4.69, 9.17) is 0 Å². The summed E-state index contributed by atoms with van der Waals surface area (Å²) in [5, 5.41) is 0. The molecule has 0 nitrogen and oxygen atoms in total. The molecule has 0 aliphatic rings. The third-order valence-corrected chi connectivity index (χ3v) is 20.8. The van der Waals surface area contributed by atoms with Gasteiger partial charge in [0.2, 0.25) is 0 Å². The van der Waals surface area contributed by atoms with Gasteiger partial charge in [-0.05, 0) is 0 Å².